The van der Waals surface area contributed by atoms with Gasteiger partial charge in [0.1, 0.15) is 0 Å². The predicted molar refractivity (Wildman–Crippen MR) is 108 cm³/mol. The second kappa shape index (κ2) is 16.1. The molecular weight excluding hydrogens is 312 g/mol. The van der Waals surface area contributed by atoms with E-state index in [9.17, 15) is 0 Å². The van der Waals surface area contributed by atoms with Crippen LogP contribution in [0.3, 0.4) is 0 Å². The Morgan fingerprint density at radius 3 is 2.08 bits per heavy atom. The Morgan fingerprint density at radius 1 is 0.840 bits per heavy atom. The summed E-state index contributed by atoms with van der Waals surface area (Å²) in [4.78, 5) is 0. The minimum absolute atomic E-state index is 0.0564. The Bertz CT molecular complexity index is 282. The quantitative estimate of drug-likeness (QED) is 0.271. The first kappa shape index (κ1) is 24.9. The molecule has 0 N–H and O–H groups in total. The van der Waals surface area contributed by atoms with Crippen molar-refractivity contribution >= 4 is 0 Å². The van der Waals surface area contributed by atoms with Crippen molar-refractivity contribution in [3.63, 3.8) is 0 Å². The number of hydrogen-bond donors (Lipinski definition) is 0. The third-order valence-electron chi connectivity index (χ3n) is 5.52. The van der Waals surface area contributed by atoms with Crippen LogP contribution in [0.1, 0.15) is 92.4 Å². The van der Waals surface area contributed by atoms with Crippen LogP contribution in [0, 0.1) is 11.3 Å². The SMILES string of the molecule is CCCCCCCCCOCCC(C)C(C)(COC)COC(C)CC. The van der Waals surface area contributed by atoms with Gasteiger partial charge in [-0.3, -0.25) is 0 Å². The second-order valence-electron chi connectivity index (χ2n) is 8.04. The van der Waals surface area contributed by atoms with Gasteiger partial charge in [0.25, 0.3) is 0 Å². The first-order valence-electron chi connectivity index (χ1n) is 10.7. The summed E-state index contributed by atoms with van der Waals surface area (Å²) in [6.07, 6.45) is 11.8. The summed E-state index contributed by atoms with van der Waals surface area (Å²) < 4.78 is 17.4. The van der Waals surface area contributed by atoms with Gasteiger partial charge in [-0.2, -0.15) is 0 Å². The molecule has 152 valence electrons. The maximum absolute atomic E-state index is 6.01. The molecule has 0 saturated carbocycles. The third kappa shape index (κ3) is 12.8. The number of ether oxygens (including phenoxy) is 3. The first-order chi connectivity index (χ1) is 12.0. The molecule has 0 aliphatic heterocycles. The molecule has 3 unspecified atom stereocenters. The molecule has 0 spiro atoms. The molecule has 0 aromatic heterocycles. The molecule has 3 atom stereocenters. The number of hydrogen-bond acceptors (Lipinski definition) is 3. The highest BCUT2D eigenvalue weighted by molar-refractivity contribution is 4.80. The van der Waals surface area contributed by atoms with Crippen molar-refractivity contribution in [3.8, 4) is 0 Å². The average Bonchev–Trinajstić information content (AvgIpc) is 2.61. The predicted octanol–water partition coefficient (Wildman–Crippen LogP) is 6.25. The van der Waals surface area contributed by atoms with E-state index in [0.717, 1.165) is 39.3 Å². The lowest BCUT2D eigenvalue weighted by atomic mass is 9.77. The summed E-state index contributed by atoms with van der Waals surface area (Å²) in [5, 5.41) is 0. The Morgan fingerprint density at radius 2 is 1.48 bits per heavy atom. The van der Waals surface area contributed by atoms with Crippen molar-refractivity contribution in [1.82, 2.24) is 0 Å². The van der Waals surface area contributed by atoms with E-state index >= 15 is 0 Å². The average molecular weight is 359 g/mol. The van der Waals surface area contributed by atoms with Crippen molar-refractivity contribution in [3.05, 3.63) is 0 Å². The molecule has 0 aromatic carbocycles. The zero-order valence-electron chi connectivity index (χ0n) is 18.1. The van der Waals surface area contributed by atoms with Gasteiger partial charge in [0, 0.05) is 25.7 Å². The van der Waals surface area contributed by atoms with Crippen LogP contribution in [-0.2, 0) is 14.2 Å². The summed E-state index contributed by atoms with van der Waals surface area (Å²) in [6.45, 7) is 14.4. The molecule has 0 bridgehead atoms. The largest absolute Gasteiger partial charge is 0.384 e. The summed E-state index contributed by atoms with van der Waals surface area (Å²) in [7, 11) is 1.78. The van der Waals surface area contributed by atoms with Gasteiger partial charge in [0.05, 0.1) is 19.3 Å². The number of methoxy groups -OCH3 is 1. The molecule has 0 aliphatic rings. The lowest BCUT2D eigenvalue weighted by molar-refractivity contribution is -0.0588. The minimum atomic E-state index is 0.0564. The van der Waals surface area contributed by atoms with E-state index in [0.29, 0.717) is 12.0 Å². The summed E-state index contributed by atoms with van der Waals surface area (Å²) in [5.41, 5.74) is 0.0564. The molecule has 0 fully saturated rings. The van der Waals surface area contributed by atoms with E-state index in [1.165, 1.54) is 44.9 Å². The molecular formula is C22H46O3. The zero-order chi connectivity index (χ0) is 19.0. The normalized spacial score (nSPS) is 16.6. The standard InChI is InChI=1S/C22H46O3/c1-7-9-10-11-12-13-14-16-24-17-15-20(3)22(5,18-23-6)19-25-21(4)8-2/h20-21H,7-19H2,1-6H3. The molecule has 0 radical (unpaired) electrons. The van der Waals surface area contributed by atoms with Crippen LogP contribution < -0.4 is 0 Å². The molecule has 0 amide bonds. The molecule has 0 heterocycles. The van der Waals surface area contributed by atoms with Gasteiger partial charge >= 0.3 is 0 Å². The number of rotatable bonds is 18. The van der Waals surface area contributed by atoms with Crippen molar-refractivity contribution in [2.45, 2.75) is 98.5 Å². The van der Waals surface area contributed by atoms with Gasteiger partial charge < -0.3 is 14.2 Å². The van der Waals surface area contributed by atoms with Crippen molar-refractivity contribution < 1.29 is 14.2 Å². The zero-order valence-corrected chi connectivity index (χ0v) is 18.1. The molecule has 0 saturated heterocycles. The smallest absolute Gasteiger partial charge is 0.0548 e. The first-order valence-corrected chi connectivity index (χ1v) is 10.7. The van der Waals surface area contributed by atoms with Crippen LogP contribution in [0.4, 0.5) is 0 Å². The summed E-state index contributed by atoms with van der Waals surface area (Å²) >= 11 is 0. The van der Waals surface area contributed by atoms with Crippen LogP contribution in [0.15, 0.2) is 0 Å². The molecule has 25 heavy (non-hydrogen) atoms. The Hall–Kier alpha value is -0.120. The lowest BCUT2D eigenvalue weighted by Crippen LogP contribution is -2.37. The fourth-order valence-corrected chi connectivity index (χ4v) is 2.98. The molecule has 0 aliphatic carbocycles. The fourth-order valence-electron chi connectivity index (χ4n) is 2.98. The van der Waals surface area contributed by atoms with Crippen LogP contribution in [0.2, 0.25) is 0 Å². The molecule has 3 heteroatoms. The van der Waals surface area contributed by atoms with E-state index in [4.69, 9.17) is 14.2 Å². The van der Waals surface area contributed by atoms with E-state index in [2.05, 4.69) is 34.6 Å². The van der Waals surface area contributed by atoms with Crippen LogP contribution in [-0.4, -0.2) is 39.6 Å². The maximum atomic E-state index is 6.01. The highest BCUT2D eigenvalue weighted by atomic mass is 16.5. The number of unbranched alkanes of at least 4 members (excludes halogenated alkanes) is 6. The maximum Gasteiger partial charge on any atom is 0.0548 e. The molecule has 0 aromatic rings. The molecule has 0 rings (SSSR count). The van der Waals surface area contributed by atoms with E-state index in [1.54, 1.807) is 7.11 Å². The Labute approximate surface area is 158 Å². The van der Waals surface area contributed by atoms with Crippen LogP contribution in [0.25, 0.3) is 0 Å². The second-order valence-corrected chi connectivity index (χ2v) is 8.04. The van der Waals surface area contributed by atoms with Crippen molar-refractivity contribution in [1.29, 1.82) is 0 Å². The highest BCUT2D eigenvalue weighted by Gasteiger charge is 2.32. The van der Waals surface area contributed by atoms with Gasteiger partial charge in [-0.1, -0.05) is 66.2 Å². The lowest BCUT2D eigenvalue weighted by Gasteiger charge is -2.35. The van der Waals surface area contributed by atoms with Crippen LogP contribution >= 0.6 is 0 Å². The summed E-state index contributed by atoms with van der Waals surface area (Å²) in [5.74, 6) is 0.519. The fraction of sp³-hybridized carbons (Fsp3) is 1.00. The van der Waals surface area contributed by atoms with E-state index < -0.39 is 0 Å². The monoisotopic (exact) mass is 358 g/mol. The van der Waals surface area contributed by atoms with Gasteiger partial charge in [0.2, 0.25) is 0 Å². The van der Waals surface area contributed by atoms with Gasteiger partial charge in [-0.15, -0.1) is 0 Å². The minimum Gasteiger partial charge on any atom is -0.384 e. The van der Waals surface area contributed by atoms with Crippen molar-refractivity contribution in [2.24, 2.45) is 11.3 Å². The van der Waals surface area contributed by atoms with Gasteiger partial charge in [-0.05, 0) is 32.1 Å². The van der Waals surface area contributed by atoms with Gasteiger partial charge in [0.15, 0.2) is 0 Å². The van der Waals surface area contributed by atoms with Crippen LogP contribution in [0.5, 0.6) is 0 Å². The Kier molecular flexibility index (Phi) is 16.0. The van der Waals surface area contributed by atoms with Gasteiger partial charge in [-0.25, -0.2) is 0 Å². The van der Waals surface area contributed by atoms with E-state index in [1.807, 2.05) is 0 Å². The summed E-state index contributed by atoms with van der Waals surface area (Å²) in [6, 6.07) is 0. The van der Waals surface area contributed by atoms with E-state index in [-0.39, 0.29) is 5.41 Å². The topological polar surface area (TPSA) is 27.7 Å². The Balaban J connectivity index is 3.85. The van der Waals surface area contributed by atoms with Crippen molar-refractivity contribution in [2.75, 3.05) is 33.5 Å². The third-order valence-corrected chi connectivity index (χ3v) is 5.52. The molecule has 3 nitrogen and oxygen atoms in total. The highest BCUT2D eigenvalue weighted by Crippen LogP contribution is 2.31.